The van der Waals surface area contributed by atoms with Crippen molar-refractivity contribution in [2.75, 3.05) is 7.05 Å². The molecule has 2 aromatic heterocycles. The monoisotopic (exact) mass is 492 g/mol. The number of rotatable bonds is 10. The van der Waals surface area contributed by atoms with Crippen molar-refractivity contribution in [2.24, 2.45) is 5.92 Å². The summed E-state index contributed by atoms with van der Waals surface area (Å²) in [5.74, 6) is 1.26. The number of pyridine rings is 1. The quantitative estimate of drug-likeness (QED) is 0.439. The molecule has 1 atom stereocenters. The van der Waals surface area contributed by atoms with Crippen LogP contribution in [-0.4, -0.2) is 39.8 Å². The van der Waals surface area contributed by atoms with Crippen molar-refractivity contribution >= 4 is 11.8 Å². The van der Waals surface area contributed by atoms with E-state index in [0.717, 1.165) is 11.3 Å². The summed E-state index contributed by atoms with van der Waals surface area (Å²) in [5, 5.41) is 2.93. The predicted octanol–water partition coefficient (Wildman–Crippen LogP) is 4.75. The summed E-state index contributed by atoms with van der Waals surface area (Å²) in [6.07, 6.45) is 5.63. The number of oxazole rings is 1. The SMILES string of the molecule is CC(C)C[C@@H](NC(=O)c1ccccc1OCc1ncc(C(C)(C)C)o1)C(=O)N(C)Cc1cccnc1. The Morgan fingerprint density at radius 2 is 1.86 bits per heavy atom. The van der Waals surface area contributed by atoms with Crippen molar-refractivity contribution in [1.82, 2.24) is 20.2 Å². The Morgan fingerprint density at radius 1 is 1.11 bits per heavy atom. The first-order valence-electron chi connectivity index (χ1n) is 12.2. The van der Waals surface area contributed by atoms with E-state index in [1.807, 2.05) is 46.8 Å². The molecule has 0 saturated heterocycles. The van der Waals surface area contributed by atoms with Crippen LogP contribution in [0.15, 0.2) is 59.4 Å². The average molecular weight is 493 g/mol. The van der Waals surface area contributed by atoms with E-state index in [1.165, 1.54) is 0 Å². The van der Waals surface area contributed by atoms with Crippen LogP contribution in [0.4, 0.5) is 0 Å². The number of carbonyl (C=O) groups is 2. The summed E-state index contributed by atoms with van der Waals surface area (Å²) in [6, 6.07) is 10.0. The van der Waals surface area contributed by atoms with Crippen LogP contribution in [0, 0.1) is 5.92 Å². The Morgan fingerprint density at radius 3 is 2.50 bits per heavy atom. The summed E-state index contributed by atoms with van der Waals surface area (Å²) >= 11 is 0. The van der Waals surface area contributed by atoms with Gasteiger partial charge in [-0.25, -0.2) is 4.98 Å². The van der Waals surface area contributed by atoms with Gasteiger partial charge in [-0.05, 0) is 36.1 Å². The number of amides is 2. The van der Waals surface area contributed by atoms with Gasteiger partial charge in [-0.15, -0.1) is 0 Å². The second kappa shape index (κ2) is 11.8. The molecule has 0 saturated carbocycles. The van der Waals surface area contributed by atoms with Crippen LogP contribution < -0.4 is 10.1 Å². The van der Waals surface area contributed by atoms with E-state index in [9.17, 15) is 9.59 Å². The summed E-state index contributed by atoms with van der Waals surface area (Å²) in [6.45, 7) is 10.7. The van der Waals surface area contributed by atoms with Gasteiger partial charge in [0.25, 0.3) is 5.91 Å². The number of aromatic nitrogens is 2. The van der Waals surface area contributed by atoms with Gasteiger partial charge in [-0.2, -0.15) is 0 Å². The molecular formula is C28H36N4O4. The Bertz CT molecular complexity index is 1150. The van der Waals surface area contributed by atoms with Gasteiger partial charge in [-0.3, -0.25) is 14.6 Å². The van der Waals surface area contributed by atoms with Crippen LogP contribution in [0.1, 0.15) is 68.6 Å². The Labute approximate surface area is 213 Å². The van der Waals surface area contributed by atoms with Gasteiger partial charge in [0.05, 0.1) is 11.8 Å². The molecule has 0 unspecified atom stereocenters. The highest BCUT2D eigenvalue weighted by atomic mass is 16.5. The van der Waals surface area contributed by atoms with Crippen molar-refractivity contribution in [3.63, 3.8) is 0 Å². The first kappa shape index (κ1) is 26.9. The van der Waals surface area contributed by atoms with E-state index < -0.39 is 6.04 Å². The number of para-hydroxylation sites is 1. The number of benzene rings is 1. The third kappa shape index (κ3) is 7.41. The number of nitrogens with zero attached hydrogens (tertiary/aromatic N) is 3. The fraction of sp³-hybridized carbons (Fsp3) is 0.429. The number of carbonyl (C=O) groups excluding carboxylic acids is 2. The van der Waals surface area contributed by atoms with Gasteiger partial charge < -0.3 is 19.4 Å². The first-order valence-corrected chi connectivity index (χ1v) is 12.2. The second-order valence-electron chi connectivity index (χ2n) is 10.4. The fourth-order valence-electron chi connectivity index (χ4n) is 3.68. The first-order chi connectivity index (χ1) is 17.0. The number of hydrogen-bond acceptors (Lipinski definition) is 6. The lowest BCUT2D eigenvalue weighted by atomic mass is 9.94. The molecule has 0 aliphatic rings. The molecule has 0 bridgehead atoms. The second-order valence-corrected chi connectivity index (χ2v) is 10.4. The number of likely N-dealkylation sites (N-methyl/N-ethyl adjacent to an activating group) is 1. The van der Waals surface area contributed by atoms with Crippen LogP contribution in [-0.2, 0) is 23.4 Å². The van der Waals surface area contributed by atoms with Gasteiger partial charge in [0, 0.05) is 31.4 Å². The van der Waals surface area contributed by atoms with Crippen molar-refractivity contribution in [1.29, 1.82) is 0 Å². The van der Waals surface area contributed by atoms with Gasteiger partial charge in [0.1, 0.15) is 17.6 Å². The smallest absolute Gasteiger partial charge is 0.255 e. The molecule has 0 spiro atoms. The summed E-state index contributed by atoms with van der Waals surface area (Å²) in [4.78, 5) is 36.6. The molecule has 2 heterocycles. The van der Waals surface area contributed by atoms with Crippen LogP contribution >= 0.6 is 0 Å². The molecule has 0 aliphatic heterocycles. The largest absolute Gasteiger partial charge is 0.483 e. The lowest BCUT2D eigenvalue weighted by Gasteiger charge is -2.26. The summed E-state index contributed by atoms with van der Waals surface area (Å²) in [5.41, 5.74) is 1.10. The molecule has 8 nitrogen and oxygen atoms in total. The summed E-state index contributed by atoms with van der Waals surface area (Å²) in [7, 11) is 1.73. The molecule has 1 N–H and O–H groups in total. The maximum Gasteiger partial charge on any atom is 0.255 e. The van der Waals surface area contributed by atoms with Gasteiger partial charge in [0.15, 0.2) is 6.61 Å². The molecule has 1 aromatic carbocycles. The zero-order valence-corrected chi connectivity index (χ0v) is 21.9. The Hall–Kier alpha value is -3.68. The maximum atomic E-state index is 13.3. The molecule has 3 aromatic rings. The van der Waals surface area contributed by atoms with Gasteiger partial charge in [0.2, 0.25) is 11.8 Å². The molecular weight excluding hydrogens is 456 g/mol. The molecule has 8 heteroatoms. The van der Waals surface area contributed by atoms with Crippen molar-refractivity contribution in [3.8, 4) is 5.75 Å². The van der Waals surface area contributed by atoms with E-state index in [0.29, 0.717) is 30.2 Å². The molecule has 192 valence electrons. The molecule has 0 radical (unpaired) electrons. The summed E-state index contributed by atoms with van der Waals surface area (Å²) < 4.78 is 11.7. The van der Waals surface area contributed by atoms with Crippen molar-refractivity contribution < 1.29 is 18.7 Å². The third-order valence-corrected chi connectivity index (χ3v) is 5.60. The fourth-order valence-corrected chi connectivity index (χ4v) is 3.68. The average Bonchev–Trinajstić information content (AvgIpc) is 3.32. The Balaban J connectivity index is 1.71. The highest BCUT2D eigenvalue weighted by Gasteiger charge is 2.27. The molecule has 36 heavy (non-hydrogen) atoms. The highest BCUT2D eigenvalue weighted by molar-refractivity contribution is 5.99. The lowest BCUT2D eigenvalue weighted by molar-refractivity contribution is -0.132. The standard InChI is InChI=1S/C28H36N4O4/c1-19(2)14-22(27(34)32(6)17-20-10-9-13-29-15-20)31-26(33)21-11-7-8-12-23(21)35-18-25-30-16-24(36-25)28(3,4)5/h7-13,15-16,19,22H,14,17-18H2,1-6H3,(H,31,33)/t22-/m1/s1. The topological polar surface area (TPSA) is 97.6 Å². The lowest BCUT2D eigenvalue weighted by Crippen LogP contribution is -2.47. The minimum atomic E-state index is -0.673. The Kier molecular flexibility index (Phi) is 8.85. The van der Waals surface area contributed by atoms with Crippen molar-refractivity contribution in [2.45, 2.75) is 65.6 Å². The minimum Gasteiger partial charge on any atom is -0.483 e. The molecule has 3 rings (SSSR count). The molecule has 2 amide bonds. The van der Waals surface area contributed by atoms with Crippen LogP contribution in [0.2, 0.25) is 0 Å². The minimum absolute atomic E-state index is 0.0859. The predicted molar refractivity (Wildman–Crippen MR) is 137 cm³/mol. The van der Waals surface area contributed by atoms with Crippen molar-refractivity contribution in [3.05, 3.63) is 77.8 Å². The normalized spacial score (nSPS) is 12.3. The van der Waals surface area contributed by atoms with Crippen LogP contribution in [0.3, 0.4) is 0 Å². The van der Waals surface area contributed by atoms with E-state index >= 15 is 0 Å². The van der Waals surface area contributed by atoms with Crippen LogP contribution in [0.25, 0.3) is 0 Å². The van der Waals surface area contributed by atoms with E-state index in [4.69, 9.17) is 9.15 Å². The van der Waals surface area contributed by atoms with Gasteiger partial charge in [-0.1, -0.05) is 52.8 Å². The van der Waals surface area contributed by atoms with Crippen LogP contribution in [0.5, 0.6) is 5.75 Å². The zero-order chi connectivity index (χ0) is 26.3. The number of nitrogens with one attached hydrogen (secondary N) is 1. The number of hydrogen-bond donors (Lipinski definition) is 1. The molecule has 0 fully saturated rings. The maximum absolute atomic E-state index is 13.3. The molecule has 0 aliphatic carbocycles. The zero-order valence-electron chi connectivity index (χ0n) is 21.9. The number of ether oxygens (including phenoxy) is 1. The van der Waals surface area contributed by atoms with E-state index in [2.05, 4.69) is 15.3 Å². The third-order valence-electron chi connectivity index (χ3n) is 5.60. The van der Waals surface area contributed by atoms with Gasteiger partial charge >= 0.3 is 0 Å². The van der Waals surface area contributed by atoms with E-state index in [1.54, 1.807) is 54.8 Å². The highest BCUT2D eigenvalue weighted by Crippen LogP contribution is 2.24. The van der Waals surface area contributed by atoms with E-state index in [-0.39, 0.29) is 29.8 Å².